The van der Waals surface area contributed by atoms with Crippen molar-refractivity contribution in [1.29, 1.82) is 0 Å². The third-order valence-corrected chi connectivity index (χ3v) is 3.78. The summed E-state index contributed by atoms with van der Waals surface area (Å²) in [6.45, 7) is 2.06. The molecule has 0 N–H and O–H groups in total. The van der Waals surface area contributed by atoms with Crippen LogP contribution in [0.1, 0.15) is 15.9 Å². The largest absolute Gasteiger partial charge is 0.423 e. The lowest BCUT2D eigenvalue weighted by Gasteiger charge is -2.06. The molecule has 0 atom stereocenters. The van der Waals surface area contributed by atoms with Gasteiger partial charge in [-0.2, -0.15) is 0 Å². The lowest BCUT2D eigenvalue weighted by molar-refractivity contribution is 0.0735. The van der Waals surface area contributed by atoms with E-state index in [0.29, 0.717) is 16.3 Å². The highest BCUT2D eigenvalue weighted by molar-refractivity contribution is 6.30. The van der Waals surface area contributed by atoms with Gasteiger partial charge >= 0.3 is 5.97 Å². The summed E-state index contributed by atoms with van der Waals surface area (Å²) in [5.41, 5.74) is 3.91. The van der Waals surface area contributed by atoms with E-state index in [1.807, 2.05) is 12.1 Å². The molecule has 0 saturated carbocycles. The minimum Gasteiger partial charge on any atom is -0.423 e. The van der Waals surface area contributed by atoms with Crippen molar-refractivity contribution in [2.24, 2.45) is 0 Å². The van der Waals surface area contributed by atoms with Gasteiger partial charge in [-0.25, -0.2) is 4.79 Å². The summed E-state index contributed by atoms with van der Waals surface area (Å²) in [4.78, 5) is 12.1. The SMILES string of the molecule is Cc1ccc(-c2ccc(C(=O)Oc3ccc(Cl)cc3)cc2)cc1. The summed E-state index contributed by atoms with van der Waals surface area (Å²) < 4.78 is 5.32. The molecule has 0 unspecified atom stereocenters. The van der Waals surface area contributed by atoms with E-state index in [-0.39, 0.29) is 5.97 Å². The van der Waals surface area contributed by atoms with Crippen molar-refractivity contribution >= 4 is 17.6 Å². The maximum Gasteiger partial charge on any atom is 0.343 e. The van der Waals surface area contributed by atoms with Gasteiger partial charge in [-0.15, -0.1) is 0 Å². The van der Waals surface area contributed by atoms with Gasteiger partial charge in [0.15, 0.2) is 0 Å². The van der Waals surface area contributed by atoms with E-state index < -0.39 is 0 Å². The van der Waals surface area contributed by atoms with E-state index in [9.17, 15) is 4.79 Å². The van der Waals surface area contributed by atoms with Gasteiger partial charge in [-0.1, -0.05) is 53.6 Å². The first-order chi connectivity index (χ1) is 11.1. The summed E-state index contributed by atoms with van der Waals surface area (Å²) in [5, 5.41) is 0.604. The Balaban J connectivity index is 1.74. The second kappa shape index (κ2) is 6.67. The maximum absolute atomic E-state index is 12.1. The zero-order valence-electron chi connectivity index (χ0n) is 12.6. The van der Waals surface area contributed by atoms with Crippen LogP contribution in [0.3, 0.4) is 0 Å². The molecule has 0 aromatic heterocycles. The number of aryl methyl sites for hydroxylation is 1. The molecule has 0 radical (unpaired) electrons. The standard InChI is InChI=1S/C20H15ClO2/c1-14-2-4-15(5-3-14)16-6-8-17(9-7-16)20(22)23-19-12-10-18(21)11-13-19/h2-13H,1H3. The van der Waals surface area contributed by atoms with Gasteiger partial charge < -0.3 is 4.74 Å². The van der Waals surface area contributed by atoms with Crippen molar-refractivity contribution in [3.05, 3.63) is 88.9 Å². The summed E-state index contributed by atoms with van der Waals surface area (Å²) in [7, 11) is 0. The molecule has 3 aromatic rings. The van der Waals surface area contributed by atoms with Crippen molar-refractivity contribution in [2.75, 3.05) is 0 Å². The Morgan fingerprint density at radius 2 is 1.30 bits per heavy atom. The summed E-state index contributed by atoms with van der Waals surface area (Å²) in [5.74, 6) is 0.0878. The number of hydrogen-bond acceptors (Lipinski definition) is 2. The highest BCUT2D eigenvalue weighted by Gasteiger charge is 2.09. The molecule has 0 saturated heterocycles. The van der Waals surface area contributed by atoms with Crippen LogP contribution in [0.15, 0.2) is 72.8 Å². The maximum atomic E-state index is 12.1. The molecule has 0 bridgehead atoms. The molecule has 23 heavy (non-hydrogen) atoms. The number of ether oxygens (including phenoxy) is 1. The Morgan fingerprint density at radius 3 is 1.87 bits per heavy atom. The van der Waals surface area contributed by atoms with E-state index in [1.54, 1.807) is 36.4 Å². The molecular formula is C20H15ClO2. The van der Waals surface area contributed by atoms with E-state index in [2.05, 4.69) is 31.2 Å². The first kappa shape index (κ1) is 15.3. The fourth-order valence-corrected chi connectivity index (χ4v) is 2.34. The molecule has 3 aromatic carbocycles. The predicted octanol–water partition coefficient (Wildman–Crippen LogP) is 5.53. The second-order valence-corrected chi connectivity index (χ2v) is 5.72. The van der Waals surface area contributed by atoms with Crippen LogP contribution in [-0.4, -0.2) is 5.97 Å². The van der Waals surface area contributed by atoms with Crippen molar-refractivity contribution < 1.29 is 9.53 Å². The number of benzene rings is 3. The van der Waals surface area contributed by atoms with Crippen LogP contribution in [0.4, 0.5) is 0 Å². The first-order valence-corrected chi connectivity index (χ1v) is 7.64. The summed E-state index contributed by atoms with van der Waals surface area (Å²) in [6.07, 6.45) is 0. The van der Waals surface area contributed by atoms with Crippen molar-refractivity contribution in [2.45, 2.75) is 6.92 Å². The molecule has 114 valence electrons. The van der Waals surface area contributed by atoms with E-state index >= 15 is 0 Å². The van der Waals surface area contributed by atoms with E-state index in [4.69, 9.17) is 16.3 Å². The summed E-state index contributed by atoms with van der Waals surface area (Å²) in [6, 6.07) is 22.4. The van der Waals surface area contributed by atoms with Crippen molar-refractivity contribution in [3.8, 4) is 16.9 Å². The van der Waals surface area contributed by atoms with Gasteiger partial charge in [-0.3, -0.25) is 0 Å². The minimum atomic E-state index is -0.386. The normalized spacial score (nSPS) is 10.3. The zero-order chi connectivity index (χ0) is 16.2. The number of esters is 1. The van der Waals surface area contributed by atoms with Gasteiger partial charge in [0.1, 0.15) is 5.75 Å². The number of carbonyl (C=O) groups is 1. The molecule has 0 aliphatic carbocycles. The molecule has 2 nitrogen and oxygen atoms in total. The molecule has 3 rings (SSSR count). The van der Waals surface area contributed by atoms with Crippen LogP contribution < -0.4 is 4.74 Å². The number of carbonyl (C=O) groups excluding carboxylic acids is 1. The molecule has 0 amide bonds. The molecule has 0 heterocycles. The smallest absolute Gasteiger partial charge is 0.343 e. The number of rotatable bonds is 3. The third kappa shape index (κ3) is 3.79. The molecular weight excluding hydrogens is 308 g/mol. The Labute approximate surface area is 140 Å². The Morgan fingerprint density at radius 1 is 0.783 bits per heavy atom. The Kier molecular flexibility index (Phi) is 4.45. The van der Waals surface area contributed by atoms with Crippen LogP contribution in [-0.2, 0) is 0 Å². The second-order valence-electron chi connectivity index (χ2n) is 5.29. The molecule has 0 aliphatic heterocycles. The van der Waals surface area contributed by atoms with Crippen molar-refractivity contribution in [3.63, 3.8) is 0 Å². The monoisotopic (exact) mass is 322 g/mol. The van der Waals surface area contributed by atoms with Gasteiger partial charge in [0.05, 0.1) is 5.56 Å². The molecule has 0 aliphatic rings. The molecule has 3 heteroatoms. The van der Waals surface area contributed by atoms with Gasteiger partial charge in [0, 0.05) is 5.02 Å². The minimum absolute atomic E-state index is 0.386. The third-order valence-electron chi connectivity index (χ3n) is 3.53. The fourth-order valence-electron chi connectivity index (χ4n) is 2.21. The quantitative estimate of drug-likeness (QED) is 0.468. The van der Waals surface area contributed by atoms with Crippen LogP contribution in [0.25, 0.3) is 11.1 Å². The highest BCUT2D eigenvalue weighted by atomic mass is 35.5. The predicted molar refractivity (Wildman–Crippen MR) is 93.0 cm³/mol. The van der Waals surface area contributed by atoms with Crippen LogP contribution in [0, 0.1) is 6.92 Å². The average molecular weight is 323 g/mol. The van der Waals surface area contributed by atoms with E-state index in [0.717, 1.165) is 11.1 Å². The van der Waals surface area contributed by atoms with Gasteiger partial charge in [0.2, 0.25) is 0 Å². The van der Waals surface area contributed by atoms with Gasteiger partial charge in [0.25, 0.3) is 0 Å². The average Bonchev–Trinajstić information content (AvgIpc) is 2.58. The van der Waals surface area contributed by atoms with Crippen LogP contribution >= 0.6 is 11.6 Å². The first-order valence-electron chi connectivity index (χ1n) is 7.27. The Bertz CT molecular complexity index is 804. The summed E-state index contributed by atoms with van der Waals surface area (Å²) >= 11 is 5.81. The van der Waals surface area contributed by atoms with Gasteiger partial charge in [-0.05, 0) is 54.4 Å². The van der Waals surface area contributed by atoms with Crippen molar-refractivity contribution in [1.82, 2.24) is 0 Å². The lowest BCUT2D eigenvalue weighted by Crippen LogP contribution is -2.08. The fraction of sp³-hybridized carbons (Fsp3) is 0.0500. The van der Waals surface area contributed by atoms with E-state index in [1.165, 1.54) is 5.56 Å². The highest BCUT2D eigenvalue weighted by Crippen LogP contribution is 2.21. The zero-order valence-corrected chi connectivity index (χ0v) is 13.4. The lowest BCUT2D eigenvalue weighted by atomic mass is 10.0. The number of halogens is 1. The molecule has 0 fully saturated rings. The Hall–Kier alpha value is -2.58. The van der Waals surface area contributed by atoms with Crippen LogP contribution in [0.5, 0.6) is 5.75 Å². The molecule has 0 spiro atoms. The topological polar surface area (TPSA) is 26.3 Å². The number of hydrogen-bond donors (Lipinski definition) is 0. The van der Waals surface area contributed by atoms with Crippen LogP contribution in [0.2, 0.25) is 5.02 Å².